The minimum Gasteiger partial charge on any atom is -0.322 e. The maximum Gasteiger partial charge on any atom is 0.255 e. The summed E-state index contributed by atoms with van der Waals surface area (Å²) in [5.41, 5.74) is 2.82. The van der Waals surface area contributed by atoms with E-state index in [-0.39, 0.29) is 24.1 Å². The van der Waals surface area contributed by atoms with E-state index in [1.807, 2.05) is 49.4 Å². The third-order valence-electron chi connectivity index (χ3n) is 4.97. The van der Waals surface area contributed by atoms with E-state index >= 15 is 0 Å². The molecule has 0 aliphatic carbocycles. The second-order valence-corrected chi connectivity index (χ2v) is 9.67. The number of rotatable bonds is 5. The molecule has 1 saturated heterocycles. The Labute approximate surface area is 198 Å². The van der Waals surface area contributed by atoms with Gasteiger partial charge in [0.25, 0.3) is 5.91 Å². The summed E-state index contributed by atoms with van der Waals surface area (Å²) in [6.07, 6.45) is 0.168. The molecule has 0 bridgehead atoms. The van der Waals surface area contributed by atoms with Gasteiger partial charge < -0.3 is 5.32 Å². The van der Waals surface area contributed by atoms with E-state index in [1.54, 1.807) is 30.3 Å². The van der Waals surface area contributed by atoms with Crippen molar-refractivity contribution in [2.45, 2.75) is 23.5 Å². The van der Waals surface area contributed by atoms with Gasteiger partial charge in [0.05, 0.1) is 10.9 Å². The van der Waals surface area contributed by atoms with Crippen LogP contribution in [-0.2, 0) is 9.59 Å². The highest BCUT2D eigenvalue weighted by Gasteiger charge is 2.40. The Kier molecular flexibility index (Phi) is 6.43. The van der Waals surface area contributed by atoms with Gasteiger partial charge in [0.1, 0.15) is 0 Å². The van der Waals surface area contributed by atoms with Gasteiger partial charge in [-0.2, -0.15) is 0 Å². The molecule has 1 aliphatic heterocycles. The van der Waals surface area contributed by atoms with E-state index in [0.29, 0.717) is 16.9 Å². The second kappa shape index (κ2) is 9.23. The van der Waals surface area contributed by atoms with Crippen LogP contribution in [0.4, 0.5) is 11.4 Å². The fourth-order valence-corrected chi connectivity index (χ4v) is 4.78. The molecule has 1 N–H and O–H groups in total. The van der Waals surface area contributed by atoms with Crippen molar-refractivity contribution in [3.8, 4) is 0 Å². The average Bonchev–Trinajstić information content (AvgIpc) is 3.03. The van der Waals surface area contributed by atoms with Gasteiger partial charge >= 0.3 is 0 Å². The van der Waals surface area contributed by atoms with Gasteiger partial charge in [-0.1, -0.05) is 18.2 Å². The highest BCUT2D eigenvalue weighted by molar-refractivity contribution is 14.1. The molecule has 0 radical (unpaired) electrons. The summed E-state index contributed by atoms with van der Waals surface area (Å²) in [5, 5.41) is 2.43. The molecule has 0 spiro atoms. The van der Waals surface area contributed by atoms with Gasteiger partial charge in [0.2, 0.25) is 11.8 Å². The zero-order valence-corrected chi connectivity index (χ0v) is 19.6. The Hall–Kier alpha value is -2.65. The number of hydrogen-bond acceptors (Lipinski definition) is 4. The summed E-state index contributed by atoms with van der Waals surface area (Å²) in [5.74, 6) is -0.554. The van der Waals surface area contributed by atoms with Gasteiger partial charge in [0, 0.05) is 26.1 Å². The lowest BCUT2D eigenvalue weighted by atomic mass is 10.1. The van der Waals surface area contributed by atoms with Crippen LogP contribution < -0.4 is 10.2 Å². The van der Waals surface area contributed by atoms with Crippen molar-refractivity contribution in [2.75, 3.05) is 10.2 Å². The summed E-state index contributed by atoms with van der Waals surface area (Å²) < 4.78 is 1.04. The topological polar surface area (TPSA) is 66.5 Å². The van der Waals surface area contributed by atoms with Crippen LogP contribution in [0.1, 0.15) is 22.3 Å². The van der Waals surface area contributed by atoms with Crippen molar-refractivity contribution < 1.29 is 14.4 Å². The van der Waals surface area contributed by atoms with Crippen LogP contribution >= 0.6 is 34.4 Å². The Morgan fingerprint density at radius 1 is 1.00 bits per heavy atom. The molecule has 3 amide bonds. The number of amides is 3. The summed E-state index contributed by atoms with van der Waals surface area (Å²) >= 11 is 3.55. The molecule has 0 saturated carbocycles. The lowest BCUT2D eigenvalue weighted by molar-refractivity contribution is -0.121. The maximum absolute atomic E-state index is 12.8. The van der Waals surface area contributed by atoms with Crippen molar-refractivity contribution in [3.63, 3.8) is 0 Å². The van der Waals surface area contributed by atoms with E-state index in [0.717, 1.165) is 14.0 Å². The Balaban J connectivity index is 1.41. The molecule has 1 fully saturated rings. The molecule has 0 aromatic heterocycles. The van der Waals surface area contributed by atoms with Gasteiger partial charge in [-0.15, -0.1) is 11.8 Å². The van der Waals surface area contributed by atoms with E-state index in [4.69, 9.17) is 0 Å². The van der Waals surface area contributed by atoms with Crippen molar-refractivity contribution in [3.05, 3.63) is 87.5 Å². The number of halogens is 1. The van der Waals surface area contributed by atoms with Crippen LogP contribution in [0.15, 0.2) is 77.7 Å². The number of thioether (sulfide) groups is 1. The minimum atomic E-state index is -0.459. The largest absolute Gasteiger partial charge is 0.322 e. The molecule has 3 aromatic rings. The summed E-state index contributed by atoms with van der Waals surface area (Å²) in [7, 11) is 0. The summed E-state index contributed by atoms with van der Waals surface area (Å²) in [6, 6.07) is 22.0. The van der Waals surface area contributed by atoms with Gasteiger partial charge in [0.15, 0.2) is 0 Å². The highest BCUT2D eigenvalue weighted by Crippen LogP contribution is 2.34. The van der Waals surface area contributed by atoms with Crippen molar-refractivity contribution in [1.29, 1.82) is 0 Å². The smallest absolute Gasteiger partial charge is 0.255 e. The number of hydrogen-bond donors (Lipinski definition) is 1. The number of carbonyl (C=O) groups is 3. The molecule has 31 heavy (non-hydrogen) atoms. The van der Waals surface area contributed by atoms with Crippen molar-refractivity contribution in [1.82, 2.24) is 0 Å². The van der Waals surface area contributed by atoms with E-state index < -0.39 is 5.25 Å². The molecule has 1 unspecified atom stereocenters. The SMILES string of the molecule is Cc1ccccc1C(=O)Nc1ccc(SC2CC(=O)N(c3ccc(I)cc3)C2=O)cc1. The number of anilines is 2. The molecule has 1 heterocycles. The lowest BCUT2D eigenvalue weighted by Gasteiger charge is -2.15. The Morgan fingerprint density at radius 2 is 1.68 bits per heavy atom. The summed E-state index contributed by atoms with van der Waals surface area (Å²) in [6.45, 7) is 1.90. The van der Waals surface area contributed by atoms with Crippen LogP contribution in [0.2, 0.25) is 0 Å². The predicted molar refractivity (Wildman–Crippen MR) is 131 cm³/mol. The van der Waals surface area contributed by atoms with Gasteiger partial charge in [-0.3, -0.25) is 14.4 Å². The molecule has 156 valence electrons. The Morgan fingerprint density at radius 3 is 2.35 bits per heavy atom. The molecule has 4 rings (SSSR count). The van der Waals surface area contributed by atoms with Crippen molar-refractivity contribution >= 4 is 63.4 Å². The second-order valence-electron chi connectivity index (χ2n) is 7.15. The zero-order chi connectivity index (χ0) is 22.0. The standard InChI is InChI=1S/C24H19IN2O3S/c1-15-4-2-3-5-20(15)23(29)26-17-8-12-19(13-9-17)31-21-14-22(28)27(24(21)30)18-10-6-16(25)7-11-18/h2-13,21H,14H2,1H3,(H,26,29). The summed E-state index contributed by atoms with van der Waals surface area (Å²) in [4.78, 5) is 39.9. The molecule has 7 heteroatoms. The third-order valence-corrected chi connectivity index (χ3v) is 6.89. The molecular formula is C24H19IN2O3S. The first kappa shape index (κ1) is 21.6. The first-order valence-electron chi connectivity index (χ1n) is 9.68. The normalized spacial score (nSPS) is 15.9. The molecule has 5 nitrogen and oxygen atoms in total. The first-order chi connectivity index (χ1) is 14.9. The van der Waals surface area contributed by atoms with Crippen LogP contribution in [0.3, 0.4) is 0 Å². The molecule has 1 aliphatic rings. The van der Waals surface area contributed by atoms with Gasteiger partial charge in [-0.25, -0.2) is 4.90 Å². The number of carbonyl (C=O) groups excluding carboxylic acids is 3. The van der Waals surface area contributed by atoms with Crippen molar-refractivity contribution in [2.24, 2.45) is 0 Å². The van der Waals surface area contributed by atoms with Crippen LogP contribution in [-0.4, -0.2) is 23.0 Å². The monoisotopic (exact) mass is 542 g/mol. The number of benzene rings is 3. The molecule has 3 aromatic carbocycles. The van der Waals surface area contributed by atoms with E-state index in [9.17, 15) is 14.4 Å². The lowest BCUT2D eigenvalue weighted by Crippen LogP contribution is -2.31. The molecule has 1 atom stereocenters. The maximum atomic E-state index is 12.8. The third kappa shape index (κ3) is 4.83. The quantitative estimate of drug-likeness (QED) is 0.352. The highest BCUT2D eigenvalue weighted by atomic mass is 127. The van der Waals surface area contributed by atoms with E-state index in [2.05, 4.69) is 27.9 Å². The number of nitrogens with one attached hydrogen (secondary N) is 1. The minimum absolute atomic E-state index is 0.164. The zero-order valence-electron chi connectivity index (χ0n) is 16.7. The van der Waals surface area contributed by atoms with Crippen LogP contribution in [0.5, 0.6) is 0 Å². The number of imide groups is 1. The van der Waals surface area contributed by atoms with Crippen LogP contribution in [0.25, 0.3) is 0 Å². The molecular weight excluding hydrogens is 523 g/mol. The Bertz CT molecular complexity index is 1150. The van der Waals surface area contributed by atoms with E-state index in [1.165, 1.54) is 16.7 Å². The fourth-order valence-electron chi connectivity index (χ4n) is 3.36. The van der Waals surface area contributed by atoms with Crippen LogP contribution in [0, 0.1) is 10.5 Å². The fraction of sp³-hybridized carbons (Fsp3) is 0.125. The number of nitrogens with zero attached hydrogens (tertiary/aromatic N) is 1. The predicted octanol–water partition coefficient (Wildman–Crippen LogP) is 5.28. The van der Waals surface area contributed by atoms with Gasteiger partial charge in [-0.05, 0) is 89.7 Å². The first-order valence-corrected chi connectivity index (χ1v) is 11.6. The average molecular weight is 542 g/mol. The number of aryl methyl sites for hydroxylation is 1.